The highest BCUT2D eigenvalue weighted by molar-refractivity contribution is 6.02. The lowest BCUT2D eigenvalue weighted by atomic mass is 10.1. The second-order valence-corrected chi connectivity index (χ2v) is 4.50. The lowest BCUT2D eigenvalue weighted by Crippen LogP contribution is -2.10. The second-order valence-electron chi connectivity index (χ2n) is 4.50. The van der Waals surface area contributed by atoms with Crippen LogP contribution in [0.25, 0.3) is 11.3 Å². The molecule has 0 aliphatic rings. The van der Waals surface area contributed by atoms with Crippen molar-refractivity contribution >= 4 is 11.6 Å². The molecule has 110 valence electrons. The van der Waals surface area contributed by atoms with Gasteiger partial charge in [0.2, 0.25) is 5.76 Å². The Morgan fingerprint density at radius 3 is 2.91 bits per heavy atom. The largest absolute Gasteiger partial charge is 0.497 e. The van der Waals surface area contributed by atoms with Crippen LogP contribution in [0.4, 0.5) is 5.69 Å². The van der Waals surface area contributed by atoms with Crippen LogP contribution < -0.4 is 10.1 Å². The topological polar surface area (TPSA) is 77.2 Å². The molecular formula is C16H13N3O3. The van der Waals surface area contributed by atoms with Gasteiger partial charge in [-0.25, -0.2) is 0 Å². The molecule has 6 nitrogen and oxygen atoms in total. The monoisotopic (exact) mass is 295 g/mol. The number of ether oxygens (including phenoxy) is 1. The summed E-state index contributed by atoms with van der Waals surface area (Å²) in [6.45, 7) is 0. The zero-order valence-electron chi connectivity index (χ0n) is 11.8. The van der Waals surface area contributed by atoms with Gasteiger partial charge in [0, 0.05) is 17.8 Å². The average Bonchev–Trinajstić information content (AvgIpc) is 3.06. The van der Waals surface area contributed by atoms with Crippen LogP contribution in [0.1, 0.15) is 10.6 Å². The van der Waals surface area contributed by atoms with Crippen LogP contribution in [0.2, 0.25) is 0 Å². The molecule has 0 aliphatic heterocycles. The highest BCUT2D eigenvalue weighted by atomic mass is 16.5. The first kappa shape index (κ1) is 13.8. The molecule has 0 atom stereocenters. The van der Waals surface area contributed by atoms with Gasteiger partial charge in [-0.15, -0.1) is 0 Å². The molecule has 0 unspecified atom stereocenters. The zero-order valence-corrected chi connectivity index (χ0v) is 11.8. The van der Waals surface area contributed by atoms with E-state index in [1.54, 1.807) is 37.7 Å². The summed E-state index contributed by atoms with van der Waals surface area (Å²) >= 11 is 0. The maximum Gasteiger partial charge on any atom is 0.294 e. The van der Waals surface area contributed by atoms with Crippen molar-refractivity contribution in [1.29, 1.82) is 0 Å². The number of benzene rings is 1. The third-order valence-electron chi connectivity index (χ3n) is 3.02. The number of anilines is 1. The molecule has 2 aromatic heterocycles. The number of aromatic nitrogens is 2. The maximum atomic E-state index is 12.1. The standard InChI is InChI=1S/C16H13N3O3/c1-21-13-6-2-4-11(8-13)14-9-15(22-19-14)16(20)18-12-5-3-7-17-10-12/h2-10H,1H3,(H,18,20). The van der Waals surface area contributed by atoms with Gasteiger partial charge in [0.1, 0.15) is 11.4 Å². The molecule has 22 heavy (non-hydrogen) atoms. The fourth-order valence-corrected chi connectivity index (χ4v) is 1.93. The summed E-state index contributed by atoms with van der Waals surface area (Å²) in [5.41, 5.74) is 1.96. The van der Waals surface area contributed by atoms with Gasteiger partial charge in [-0.05, 0) is 24.3 Å². The number of carbonyl (C=O) groups excluding carboxylic acids is 1. The quantitative estimate of drug-likeness (QED) is 0.800. The van der Waals surface area contributed by atoms with Crippen LogP contribution in [0.15, 0.2) is 59.4 Å². The molecule has 1 aromatic carbocycles. The number of hydrogen-bond donors (Lipinski definition) is 1. The molecule has 6 heteroatoms. The Labute approximate surface area is 126 Å². The van der Waals surface area contributed by atoms with E-state index in [0.717, 1.165) is 5.56 Å². The lowest BCUT2D eigenvalue weighted by molar-refractivity contribution is 0.0988. The van der Waals surface area contributed by atoms with E-state index in [-0.39, 0.29) is 11.7 Å². The smallest absolute Gasteiger partial charge is 0.294 e. The molecule has 1 amide bonds. The van der Waals surface area contributed by atoms with Gasteiger partial charge >= 0.3 is 0 Å². The van der Waals surface area contributed by atoms with Crippen molar-refractivity contribution in [2.24, 2.45) is 0 Å². The Kier molecular flexibility index (Phi) is 3.82. The molecule has 0 spiro atoms. The Hall–Kier alpha value is -3.15. The minimum Gasteiger partial charge on any atom is -0.497 e. The molecule has 0 bridgehead atoms. The second kappa shape index (κ2) is 6.09. The number of pyridine rings is 1. The van der Waals surface area contributed by atoms with Gasteiger partial charge in [-0.2, -0.15) is 0 Å². The van der Waals surface area contributed by atoms with E-state index in [0.29, 0.717) is 17.1 Å². The van der Waals surface area contributed by atoms with Crippen molar-refractivity contribution < 1.29 is 14.1 Å². The van der Waals surface area contributed by atoms with Crippen molar-refractivity contribution in [3.63, 3.8) is 0 Å². The molecule has 0 aliphatic carbocycles. The molecule has 0 saturated heterocycles. The van der Waals surface area contributed by atoms with Crippen molar-refractivity contribution in [2.75, 3.05) is 12.4 Å². The number of rotatable bonds is 4. The van der Waals surface area contributed by atoms with Crippen molar-refractivity contribution in [3.05, 3.63) is 60.6 Å². The zero-order chi connectivity index (χ0) is 15.4. The van der Waals surface area contributed by atoms with Crippen LogP contribution >= 0.6 is 0 Å². The fraction of sp³-hybridized carbons (Fsp3) is 0.0625. The summed E-state index contributed by atoms with van der Waals surface area (Å²) in [5, 5.41) is 6.60. The number of carbonyl (C=O) groups is 1. The van der Waals surface area contributed by atoms with Gasteiger partial charge in [0.15, 0.2) is 0 Å². The van der Waals surface area contributed by atoms with Gasteiger partial charge in [-0.3, -0.25) is 9.78 Å². The number of nitrogens with one attached hydrogen (secondary N) is 1. The summed E-state index contributed by atoms with van der Waals surface area (Å²) < 4.78 is 10.3. The highest BCUT2D eigenvalue weighted by Crippen LogP contribution is 2.23. The minimum absolute atomic E-state index is 0.127. The van der Waals surface area contributed by atoms with Crippen LogP contribution in [-0.4, -0.2) is 23.2 Å². The SMILES string of the molecule is COc1cccc(-c2cc(C(=O)Nc3cccnc3)on2)c1. The predicted octanol–water partition coefficient (Wildman–Crippen LogP) is 3.00. The summed E-state index contributed by atoms with van der Waals surface area (Å²) in [6, 6.07) is 12.4. The first-order chi connectivity index (χ1) is 10.8. The van der Waals surface area contributed by atoms with Crippen molar-refractivity contribution in [3.8, 4) is 17.0 Å². The van der Waals surface area contributed by atoms with Gasteiger partial charge in [0.05, 0.1) is 19.0 Å². The van der Waals surface area contributed by atoms with E-state index in [4.69, 9.17) is 9.26 Å². The Bertz CT molecular complexity index is 784. The van der Waals surface area contributed by atoms with Crippen molar-refractivity contribution in [2.45, 2.75) is 0 Å². The molecule has 0 radical (unpaired) electrons. The first-order valence-corrected chi connectivity index (χ1v) is 6.59. The molecule has 0 saturated carbocycles. The number of methoxy groups -OCH3 is 1. The number of amides is 1. The molecule has 1 N–H and O–H groups in total. The van der Waals surface area contributed by atoms with E-state index in [1.807, 2.05) is 24.3 Å². The fourth-order valence-electron chi connectivity index (χ4n) is 1.93. The highest BCUT2D eigenvalue weighted by Gasteiger charge is 2.14. The van der Waals surface area contributed by atoms with Gasteiger partial charge in [0.25, 0.3) is 5.91 Å². The van der Waals surface area contributed by atoms with Gasteiger partial charge in [-0.1, -0.05) is 17.3 Å². The minimum atomic E-state index is -0.380. The number of hydrogen-bond acceptors (Lipinski definition) is 5. The normalized spacial score (nSPS) is 10.2. The average molecular weight is 295 g/mol. The third kappa shape index (κ3) is 2.95. The van der Waals surface area contributed by atoms with E-state index < -0.39 is 0 Å². The molecule has 2 heterocycles. The van der Waals surface area contributed by atoms with E-state index >= 15 is 0 Å². The first-order valence-electron chi connectivity index (χ1n) is 6.59. The van der Waals surface area contributed by atoms with Crippen LogP contribution in [0.5, 0.6) is 5.75 Å². The summed E-state index contributed by atoms with van der Waals surface area (Å²) in [4.78, 5) is 16.0. The molecular weight excluding hydrogens is 282 g/mol. The van der Waals surface area contributed by atoms with Crippen LogP contribution in [0, 0.1) is 0 Å². The summed E-state index contributed by atoms with van der Waals surface area (Å²) in [7, 11) is 1.59. The lowest BCUT2D eigenvalue weighted by Gasteiger charge is -2.01. The van der Waals surface area contributed by atoms with Crippen LogP contribution in [0.3, 0.4) is 0 Å². The predicted molar refractivity (Wildman–Crippen MR) is 80.7 cm³/mol. The number of nitrogens with zero attached hydrogens (tertiary/aromatic N) is 2. The van der Waals surface area contributed by atoms with Crippen LogP contribution in [-0.2, 0) is 0 Å². The Morgan fingerprint density at radius 1 is 1.23 bits per heavy atom. The molecule has 3 aromatic rings. The van der Waals surface area contributed by atoms with E-state index in [9.17, 15) is 4.79 Å². The Balaban J connectivity index is 1.79. The molecule has 0 fully saturated rings. The van der Waals surface area contributed by atoms with Gasteiger partial charge < -0.3 is 14.6 Å². The van der Waals surface area contributed by atoms with E-state index in [2.05, 4.69) is 15.5 Å². The summed E-state index contributed by atoms with van der Waals surface area (Å²) in [5.74, 6) is 0.457. The van der Waals surface area contributed by atoms with E-state index in [1.165, 1.54) is 0 Å². The summed E-state index contributed by atoms with van der Waals surface area (Å²) in [6.07, 6.45) is 3.18. The molecule has 3 rings (SSSR count). The Morgan fingerprint density at radius 2 is 2.14 bits per heavy atom. The van der Waals surface area contributed by atoms with Crippen molar-refractivity contribution in [1.82, 2.24) is 10.1 Å². The third-order valence-corrected chi connectivity index (χ3v) is 3.02. The maximum absolute atomic E-state index is 12.1.